The molecule has 1 atom stereocenters. The second-order valence-corrected chi connectivity index (χ2v) is 3.85. The van der Waals surface area contributed by atoms with Gasteiger partial charge in [0.05, 0.1) is 6.04 Å². The van der Waals surface area contributed by atoms with Gasteiger partial charge in [-0.05, 0) is 18.4 Å². The second kappa shape index (κ2) is 6.23. The lowest BCUT2D eigenvalue weighted by atomic mass is 10.1. The van der Waals surface area contributed by atoms with E-state index < -0.39 is 0 Å². The minimum atomic E-state index is -0.274. The minimum absolute atomic E-state index is 0.187. The highest BCUT2D eigenvalue weighted by atomic mass is 16.2. The number of carbonyl (C=O) groups excluding carboxylic acids is 2. The van der Waals surface area contributed by atoms with Gasteiger partial charge in [0.25, 0.3) is 0 Å². The lowest BCUT2D eigenvalue weighted by Crippen LogP contribution is -2.50. The quantitative estimate of drug-likeness (QED) is 0.537. The minimum Gasteiger partial charge on any atom is -0.302 e. The molecule has 0 bridgehead atoms. The third kappa shape index (κ3) is 3.98. The fraction of sp³-hybridized carbons (Fsp3) is 0.500. The molecule has 0 aromatic heterocycles. The van der Waals surface area contributed by atoms with E-state index in [-0.39, 0.29) is 17.9 Å². The van der Waals surface area contributed by atoms with Crippen LogP contribution >= 0.6 is 0 Å². The Morgan fingerprint density at radius 1 is 1.62 bits per heavy atom. The molecule has 0 radical (unpaired) electrons. The number of carbonyl (C=O) groups is 2. The van der Waals surface area contributed by atoms with E-state index in [9.17, 15) is 9.59 Å². The number of amides is 2. The maximum absolute atomic E-state index is 11.4. The van der Waals surface area contributed by atoms with Crippen LogP contribution in [0.2, 0.25) is 0 Å². The van der Waals surface area contributed by atoms with E-state index in [4.69, 9.17) is 0 Å². The molecule has 0 aromatic carbocycles. The molecule has 16 heavy (non-hydrogen) atoms. The molecule has 1 saturated heterocycles. The van der Waals surface area contributed by atoms with E-state index in [2.05, 4.69) is 24.1 Å². The molecule has 0 spiro atoms. The first-order valence-corrected chi connectivity index (χ1v) is 5.55. The maximum atomic E-state index is 11.4. The van der Waals surface area contributed by atoms with E-state index in [0.717, 1.165) is 12.0 Å². The van der Waals surface area contributed by atoms with E-state index in [0.29, 0.717) is 19.4 Å². The molecular weight excluding hydrogens is 204 g/mol. The standard InChI is InChI=1S/C12H18N2O2/c1-3-4-5-9(2)8-13-10-6-7-11(15)14-12(10)16/h4-5,10,13H,2-3,6-8H2,1H3,(H,14,15,16)/b5-4-. The Morgan fingerprint density at radius 3 is 3.00 bits per heavy atom. The van der Waals surface area contributed by atoms with Crippen molar-refractivity contribution in [3.05, 3.63) is 24.3 Å². The van der Waals surface area contributed by atoms with Crippen LogP contribution in [0.1, 0.15) is 26.2 Å². The van der Waals surface area contributed by atoms with E-state index >= 15 is 0 Å². The van der Waals surface area contributed by atoms with Crippen molar-refractivity contribution in [3.8, 4) is 0 Å². The van der Waals surface area contributed by atoms with Crippen LogP contribution in [0.4, 0.5) is 0 Å². The number of hydrogen-bond donors (Lipinski definition) is 2. The van der Waals surface area contributed by atoms with Crippen molar-refractivity contribution in [2.24, 2.45) is 0 Å². The lowest BCUT2D eigenvalue weighted by Gasteiger charge is -2.21. The van der Waals surface area contributed by atoms with Crippen LogP contribution in [0.5, 0.6) is 0 Å². The first kappa shape index (κ1) is 12.6. The Kier molecular flexibility index (Phi) is 4.92. The lowest BCUT2D eigenvalue weighted by molar-refractivity contribution is -0.134. The van der Waals surface area contributed by atoms with Crippen molar-refractivity contribution in [2.45, 2.75) is 32.2 Å². The maximum Gasteiger partial charge on any atom is 0.243 e. The van der Waals surface area contributed by atoms with Gasteiger partial charge in [0, 0.05) is 13.0 Å². The van der Waals surface area contributed by atoms with Gasteiger partial charge in [-0.2, -0.15) is 0 Å². The number of allylic oxidation sites excluding steroid dienone is 1. The van der Waals surface area contributed by atoms with Crippen LogP contribution < -0.4 is 10.6 Å². The van der Waals surface area contributed by atoms with E-state index in [1.165, 1.54) is 0 Å². The highest BCUT2D eigenvalue weighted by molar-refractivity contribution is 6.00. The van der Waals surface area contributed by atoms with Gasteiger partial charge in [0.2, 0.25) is 11.8 Å². The molecule has 0 aromatic rings. The normalized spacial score (nSPS) is 21.2. The molecule has 2 amide bonds. The Morgan fingerprint density at radius 2 is 2.38 bits per heavy atom. The first-order valence-electron chi connectivity index (χ1n) is 5.55. The Labute approximate surface area is 95.8 Å². The van der Waals surface area contributed by atoms with Crippen molar-refractivity contribution in [2.75, 3.05) is 6.54 Å². The van der Waals surface area contributed by atoms with Gasteiger partial charge in [-0.25, -0.2) is 0 Å². The number of rotatable bonds is 5. The molecule has 1 aliphatic rings. The zero-order valence-corrected chi connectivity index (χ0v) is 9.58. The molecule has 2 N–H and O–H groups in total. The Bertz CT molecular complexity index is 321. The molecule has 4 nitrogen and oxygen atoms in total. The molecule has 0 aliphatic carbocycles. The monoisotopic (exact) mass is 222 g/mol. The summed E-state index contributed by atoms with van der Waals surface area (Å²) in [5.74, 6) is -0.420. The zero-order valence-electron chi connectivity index (χ0n) is 9.58. The smallest absolute Gasteiger partial charge is 0.243 e. The van der Waals surface area contributed by atoms with Crippen LogP contribution in [-0.4, -0.2) is 24.4 Å². The summed E-state index contributed by atoms with van der Waals surface area (Å²) in [5.41, 5.74) is 0.937. The zero-order chi connectivity index (χ0) is 12.0. The predicted molar refractivity (Wildman–Crippen MR) is 62.7 cm³/mol. The topological polar surface area (TPSA) is 58.2 Å². The number of piperidine rings is 1. The third-order valence-electron chi connectivity index (χ3n) is 2.40. The Balaban J connectivity index is 2.32. The van der Waals surface area contributed by atoms with Crippen LogP contribution in [0, 0.1) is 0 Å². The number of imide groups is 1. The predicted octanol–water partition coefficient (Wildman–Crippen LogP) is 0.904. The van der Waals surface area contributed by atoms with E-state index in [1.54, 1.807) is 0 Å². The molecule has 4 heteroatoms. The van der Waals surface area contributed by atoms with Gasteiger partial charge >= 0.3 is 0 Å². The SMILES string of the molecule is C=C(/C=C\CC)CNC1CCC(=O)NC1=O. The highest BCUT2D eigenvalue weighted by Gasteiger charge is 2.25. The molecule has 1 unspecified atom stereocenters. The van der Waals surface area contributed by atoms with Crippen molar-refractivity contribution < 1.29 is 9.59 Å². The van der Waals surface area contributed by atoms with Gasteiger partial charge in [-0.3, -0.25) is 14.9 Å². The van der Waals surface area contributed by atoms with Crippen molar-refractivity contribution in [1.29, 1.82) is 0 Å². The summed E-state index contributed by atoms with van der Waals surface area (Å²) in [4.78, 5) is 22.3. The van der Waals surface area contributed by atoms with Crippen LogP contribution in [0.25, 0.3) is 0 Å². The summed E-state index contributed by atoms with van der Waals surface area (Å²) < 4.78 is 0. The second-order valence-electron chi connectivity index (χ2n) is 3.85. The largest absolute Gasteiger partial charge is 0.302 e. The summed E-state index contributed by atoms with van der Waals surface area (Å²) in [5, 5.41) is 5.39. The fourth-order valence-corrected chi connectivity index (χ4v) is 1.49. The van der Waals surface area contributed by atoms with Crippen molar-refractivity contribution in [3.63, 3.8) is 0 Å². The van der Waals surface area contributed by atoms with Crippen LogP contribution in [0.15, 0.2) is 24.3 Å². The summed E-state index contributed by atoms with van der Waals surface area (Å²) >= 11 is 0. The average molecular weight is 222 g/mol. The summed E-state index contributed by atoms with van der Waals surface area (Å²) in [7, 11) is 0. The van der Waals surface area contributed by atoms with Crippen molar-refractivity contribution >= 4 is 11.8 Å². The summed E-state index contributed by atoms with van der Waals surface area (Å²) in [6.07, 6.45) is 5.90. The molecule has 1 fully saturated rings. The molecular formula is C12H18N2O2. The van der Waals surface area contributed by atoms with Crippen molar-refractivity contribution in [1.82, 2.24) is 10.6 Å². The highest BCUT2D eigenvalue weighted by Crippen LogP contribution is 2.04. The number of nitrogens with one attached hydrogen (secondary N) is 2. The molecule has 88 valence electrons. The van der Waals surface area contributed by atoms with E-state index in [1.807, 2.05) is 12.2 Å². The van der Waals surface area contributed by atoms with Gasteiger partial charge in [0.15, 0.2) is 0 Å². The molecule has 1 rings (SSSR count). The third-order valence-corrected chi connectivity index (χ3v) is 2.40. The van der Waals surface area contributed by atoms with Gasteiger partial charge in [-0.1, -0.05) is 25.7 Å². The number of hydrogen-bond acceptors (Lipinski definition) is 3. The molecule has 0 saturated carbocycles. The summed E-state index contributed by atoms with van der Waals surface area (Å²) in [6.45, 7) is 6.49. The van der Waals surface area contributed by atoms with Crippen LogP contribution in [-0.2, 0) is 9.59 Å². The van der Waals surface area contributed by atoms with Gasteiger partial charge in [0.1, 0.15) is 0 Å². The van der Waals surface area contributed by atoms with Gasteiger partial charge in [-0.15, -0.1) is 0 Å². The average Bonchev–Trinajstić information content (AvgIpc) is 2.25. The van der Waals surface area contributed by atoms with Crippen LogP contribution in [0.3, 0.4) is 0 Å². The molecule has 1 aliphatic heterocycles. The molecule has 1 heterocycles. The fourth-order valence-electron chi connectivity index (χ4n) is 1.49. The summed E-state index contributed by atoms with van der Waals surface area (Å²) in [6, 6.07) is -0.274. The first-order chi connectivity index (χ1) is 7.63. The Hall–Kier alpha value is -1.42. The van der Waals surface area contributed by atoms with Gasteiger partial charge < -0.3 is 5.32 Å².